The summed E-state index contributed by atoms with van der Waals surface area (Å²) in [6, 6.07) is 10.9. The van der Waals surface area contributed by atoms with E-state index in [4.69, 9.17) is 4.74 Å². The van der Waals surface area contributed by atoms with Crippen LogP contribution in [0.2, 0.25) is 0 Å². The summed E-state index contributed by atoms with van der Waals surface area (Å²) >= 11 is 1.52. The lowest BCUT2D eigenvalue weighted by Gasteiger charge is -2.20. The minimum atomic E-state index is -0.407. The number of benzene rings is 1. The maximum absolute atomic E-state index is 13.3. The van der Waals surface area contributed by atoms with E-state index in [0.29, 0.717) is 28.0 Å². The molecule has 8 nitrogen and oxygen atoms in total. The van der Waals surface area contributed by atoms with Gasteiger partial charge in [0.15, 0.2) is 0 Å². The molecule has 0 bridgehead atoms. The fourth-order valence-corrected chi connectivity index (χ4v) is 4.04. The molecule has 4 rings (SSSR count). The second-order valence-corrected chi connectivity index (χ2v) is 9.01. The molecule has 160 valence electrons. The van der Waals surface area contributed by atoms with Crippen molar-refractivity contribution in [3.8, 4) is 16.3 Å². The zero-order chi connectivity index (χ0) is 22.2. The first kappa shape index (κ1) is 20.8. The van der Waals surface area contributed by atoms with E-state index in [1.54, 1.807) is 42.3 Å². The summed E-state index contributed by atoms with van der Waals surface area (Å²) in [6.45, 7) is 5.71. The highest BCUT2D eigenvalue weighted by molar-refractivity contribution is 7.13. The van der Waals surface area contributed by atoms with Crippen molar-refractivity contribution < 1.29 is 9.53 Å². The van der Waals surface area contributed by atoms with Gasteiger partial charge in [-0.25, -0.2) is 4.68 Å². The van der Waals surface area contributed by atoms with Gasteiger partial charge in [0.1, 0.15) is 23.5 Å². The third kappa shape index (κ3) is 4.09. The highest BCUT2D eigenvalue weighted by atomic mass is 32.1. The van der Waals surface area contributed by atoms with Crippen LogP contribution in [0.3, 0.4) is 0 Å². The van der Waals surface area contributed by atoms with Gasteiger partial charge >= 0.3 is 0 Å². The number of carbonyl (C=O) groups excluding carboxylic acids is 1. The Hall–Kier alpha value is -3.46. The highest BCUT2D eigenvalue weighted by Gasteiger charge is 2.24. The number of rotatable bonds is 5. The molecule has 0 aliphatic heterocycles. The van der Waals surface area contributed by atoms with Crippen LogP contribution in [0.15, 0.2) is 52.8 Å². The molecule has 9 heteroatoms. The molecule has 0 aliphatic carbocycles. The maximum Gasteiger partial charge on any atom is 0.293 e. The van der Waals surface area contributed by atoms with Crippen LogP contribution in [-0.4, -0.2) is 32.6 Å². The van der Waals surface area contributed by atoms with Crippen LogP contribution in [0.1, 0.15) is 20.8 Å². The molecule has 0 saturated carbocycles. The van der Waals surface area contributed by atoms with Gasteiger partial charge < -0.3 is 10.1 Å². The van der Waals surface area contributed by atoms with E-state index in [0.717, 1.165) is 4.88 Å². The van der Waals surface area contributed by atoms with Gasteiger partial charge in [0.05, 0.1) is 29.1 Å². The summed E-state index contributed by atoms with van der Waals surface area (Å²) < 4.78 is 8.09. The van der Waals surface area contributed by atoms with Crippen LogP contribution in [-0.2, 0) is 16.9 Å². The van der Waals surface area contributed by atoms with Crippen LogP contribution in [0, 0.1) is 0 Å². The quantitative estimate of drug-likeness (QED) is 0.514. The summed E-state index contributed by atoms with van der Waals surface area (Å²) in [4.78, 5) is 26.9. The molecule has 1 amide bonds. The van der Waals surface area contributed by atoms with Crippen LogP contribution in [0.25, 0.3) is 21.5 Å². The van der Waals surface area contributed by atoms with E-state index in [1.807, 2.05) is 38.3 Å². The summed E-state index contributed by atoms with van der Waals surface area (Å²) in [5, 5.41) is 14.4. The zero-order valence-electron chi connectivity index (χ0n) is 17.7. The summed E-state index contributed by atoms with van der Waals surface area (Å²) in [5.74, 6) is 0.268. The number of anilines is 1. The molecule has 1 aromatic carbocycles. The smallest absolute Gasteiger partial charge is 0.293 e. The summed E-state index contributed by atoms with van der Waals surface area (Å²) in [7, 11) is 1.56. The van der Waals surface area contributed by atoms with Gasteiger partial charge in [-0.05, 0) is 44.4 Å². The molecule has 0 spiro atoms. The number of fused-ring (bicyclic) bond motifs is 1. The Kier molecular flexibility index (Phi) is 5.36. The molecule has 4 aromatic rings. The van der Waals surface area contributed by atoms with Crippen molar-refractivity contribution in [2.24, 2.45) is 0 Å². The van der Waals surface area contributed by atoms with Crippen LogP contribution >= 0.6 is 11.3 Å². The Balaban J connectivity index is 1.77. The fraction of sp³-hybridized carbons (Fsp3) is 0.273. The van der Waals surface area contributed by atoms with Crippen molar-refractivity contribution in [1.82, 2.24) is 19.6 Å². The number of thiophene rings is 1. The Labute approximate surface area is 183 Å². The monoisotopic (exact) mass is 437 g/mol. The predicted octanol–water partition coefficient (Wildman–Crippen LogP) is 3.72. The highest BCUT2D eigenvalue weighted by Crippen LogP contribution is 2.30. The van der Waals surface area contributed by atoms with Gasteiger partial charge in [-0.2, -0.15) is 10.2 Å². The number of methoxy groups -OCH3 is 1. The van der Waals surface area contributed by atoms with E-state index in [2.05, 4.69) is 15.5 Å². The molecule has 1 N–H and O–H groups in total. The van der Waals surface area contributed by atoms with E-state index in [1.165, 1.54) is 16.0 Å². The van der Waals surface area contributed by atoms with Gasteiger partial charge in [0.2, 0.25) is 5.91 Å². The van der Waals surface area contributed by atoms with Gasteiger partial charge in [0, 0.05) is 11.8 Å². The first-order valence-electron chi connectivity index (χ1n) is 9.75. The standard InChI is InChI=1S/C22H23N5O3S/c1-22(2,3)27-20-16(12-23-27)19(17-9-6-10-31-17)25-26(21(20)29)13-18(28)24-14-7-5-8-15(11-14)30-4/h5-12H,13H2,1-4H3,(H,24,28). The average molecular weight is 438 g/mol. The normalized spacial score (nSPS) is 11.6. The second-order valence-electron chi connectivity index (χ2n) is 8.06. The van der Waals surface area contributed by atoms with Crippen LogP contribution < -0.4 is 15.6 Å². The van der Waals surface area contributed by atoms with Crippen molar-refractivity contribution in [2.45, 2.75) is 32.9 Å². The lowest BCUT2D eigenvalue weighted by molar-refractivity contribution is -0.117. The minimum Gasteiger partial charge on any atom is -0.497 e. The second kappa shape index (κ2) is 7.99. The molecule has 3 heterocycles. The Morgan fingerprint density at radius 1 is 1.23 bits per heavy atom. The molecule has 0 saturated heterocycles. The van der Waals surface area contributed by atoms with E-state index < -0.39 is 5.54 Å². The average Bonchev–Trinajstić information content (AvgIpc) is 3.40. The maximum atomic E-state index is 13.3. The van der Waals surface area contributed by atoms with Gasteiger partial charge in [-0.1, -0.05) is 12.1 Å². The Bertz CT molecular complexity index is 1300. The Morgan fingerprint density at radius 3 is 2.71 bits per heavy atom. The van der Waals surface area contributed by atoms with Crippen LogP contribution in [0.4, 0.5) is 5.69 Å². The number of nitrogens with zero attached hydrogens (tertiary/aromatic N) is 4. The first-order valence-corrected chi connectivity index (χ1v) is 10.6. The number of amides is 1. The number of carbonyl (C=O) groups is 1. The minimum absolute atomic E-state index is 0.223. The number of hydrogen-bond donors (Lipinski definition) is 1. The topological polar surface area (TPSA) is 91.0 Å². The lowest BCUT2D eigenvalue weighted by Crippen LogP contribution is -2.33. The zero-order valence-corrected chi connectivity index (χ0v) is 18.6. The molecule has 31 heavy (non-hydrogen) atoms. The molecular formula is C22H23N5O3S. The van der Waals surface area contributed by atoms with Crippen molar-refractivity contribution in [3.05, 3.63) is 58.3 Å². The number of hydrogen-bond acceptors (Lipinski definition) is 6. The number of aromatic nitrogens is 4. The first-order chi connectivity index (χ1) is 14.8. The lowest BCUT2D eigenvalue weighted by atomic mass is 10.1. The molecule has 0 fully saturated rings. The van der Waals surface area contributed by atoms with Crippen molar-refractivity contribution in [1.29, 1.82) is 0 Å². The van der Waals surface area contributed by atoms with Gasteiger partial charge in [0.25, 0.3) is 5.56 Å². The molecule has 0 radical (unpaired) electrons. The molecular weight excluding hydrogens is 414 g/mol. The van der Waals surface area contributed by atoms with Crippen molar-refractivity contribution >= 4 is 33.8 Å². The molecule has 0 aliphatic rings. The summed E-state index contributed by atoms with van der Waals surface area (Å²) in [5.41, 5.74) is 0.880. The molecule has 0 unspecified atom stereocenters. The van der Waals surface area contributed by atoms with Gasteiger partial charge in [-0.3, -0.25) is 14.3 Å². The molecule has 0 atom stereocenters. The van der Waals surface area contributed by atoms with E-state index in [-0.39, 0.29) is 18.0 Å². The largest absolute Gasteiger partial charge is 0.497 e. The van der Waals surface area contributed by atoms with Crippen molar-refractivity contribution in [2.75, 3.05) is 12.4 Å². The van der Waals surface area contributed by atoms with Crippen molar-refractivity contribution in [3.63, 3.8) is 0 Å². The predicted molar refractivity (Wildman–Crippen MR) is 122 cm³/mol. The van der Waals surface area contributed by atoms with Gasteiger partial charge in [-0.15, -0.1) is 11.3 Å². The third-order valence-electron chi connectivity index (χ3n) is 4.72. The van der Waals surface area contributed by atoms with E-state index in [9.17, 15) is 9.59 Å². The Morgan fingerprint density at radius 2 is 2.03 bits per heavy atom. The SMILES string of the molecule is COc1cccc(NC(=O)Cn2nc(-c3cccs3)c3cnn(C(C)(C)C)c3c2=O)c1. The number of ether oxygens (including phenoxy) is 1. The molecule has 3 aromatic heterocycles. The summed E-state index contributed by atoms with van der Waals surface area (Å²) in [6.07, 6.45) is 1.67. The van der Waals surface area contributed by atoms with E-state index >= 15 is 0 Å². The fourth-order valence-electron chi connectivity index (χ4n) is 3.32. The third-order valence-corrected chi connectivity index (χ3v) is 5.60. The van der Waals surface area contributed by atoms with Crippen LogP contribution in [0.5, 0.6) is 5.75 Å². The number of nitrogens with one attached hydrogen (secondary N) is 1.